The van der Waals surface area contributed by atoms with Crippen LogP contribution < -0.4 is 9.47 Å². The summed E-state index contributed by atoms with van der Waals surface area (Å²) in [5.41, 5.74) is 2.55. The molecule has 0 radical (unpaired) electrons. The van der Waals surface area contributed by atoms with Crippen molar-refractivity contribution in [2.75, 3.05) is 14.2 Å². The molecule has 0 aliphatic rings. The minimum Gasteiger partial charge on any atom is -0.497 e. The first-order chi connectivity index (χ1) is 14.6. The molecule has 2 aromatic heterocycles. The van der Waals surface area contributed by atoms with E-state index in [-0.39, 0.29) is 10.7 Å². The van der Waals surface area contributed by atoms with Crippen molar-refractivity contribution >= 4 is 28.4 Å². The summed E-state index contributed by atoms with van der Waals surface area (Å²) in [4.78, 5) is 23.7. The third-order valence-corrected chi connectivity index (χ3v) is 5.27. The highest BCUT2D eigenvalue weighted by molar-refractivity contribution is 7.99. The summed E-state index contributed by atoms with van der Waals surface area (Å²) in [6, 6.07) is 14.4. The molecule has 0 atom stereocenters. The van der Waals surface area contributed by atoms with E-state index in [1.807, 2.05) is 36.4 Å². The largest absolute Gasteiger partial charge is 0.497 e. The lowest BCUT2D eigenvalue weighted by Crippen LogP contribution is -1.94. The third-order valence-electron chi connectivity index (χ3n) is 4.38. The van der Waals surface area contributed by atoms with Gasteiger partial charge in [0.25, 0.3) is 0 Å². The Labute approximate surface area is 176 Å². The lowest BCUT2D eigenvalue weighted by atomic mass is 10.0. The van der Waals surface area contributed by atoms with Crippen LogP contribution in [-0.2, 0) is 0 Å². The number of rotatable bonds is 6. The first-order valence-corrected chi connectivity index (χ1v) is 9.66. The Morgan fingerprint density at radius 3 is 2.43 bits per heavy atom. The predicted molar refractivity (Wildman–Crippen MR) is 113 cm³/mol. The van der Waals surface area contributed by atoms with E-state index in [2.05, 4.69) is 15.0 Å². The summed E-state index contributed by atoms with van der Waals surface area (Å²) in [7, 11) is 3.22. The molecule has 0 bridgehead atoms. The highest BCUT2D eigenvalue weighted by Crippen LogP contribution is 2.33. The molecule has 0 saturated heterocycles. The van der Waals surface area contributed by atoms with Crippen LogP contribution in [0.2, 0.25) is 0 Å². The van der Waals surface area contributed by atoms with Crippen LogP contribution in [0.5, 0.6) is 11.5 Å². The SMILES string of the molecule is COc1cc(OC)cc(-c2ccc3nc(Sc4ncccc4[N+](=O)[O-])ncc3c2)c1. The van der Waals surface area contributed by atoms with Gasteiger partial charge in [-0.25, -0.2) is 15.0 Å². The van der Waals surface area contributed by atoms with Crippen molar-refractivity contribution in [2.24, 2.45) is 0 Å². The van der Waals surface area contributed by atoms with Gasteiger partial charge in [-0.2, -0.15) is 0 Å². The number of ether oxygens (including phenoxy) is 2. The van der Waals surface area contributed by atoms with Crippen LogP contribution in [-0.4, -0.2) is 34.1 Å². The molecule has 2 heterocycles. The van der Waals surface area contributed by atoms with E-state index in [1.54, 1.807) is 20.4 Å². The summed E-state index contributed by atoms with van der Waals surface area (Å²) < 4.78 is 10.7. The van der Waals surface area contributed by atoms with E-state index < -0.39 is 4.92 Å². The molecule has 4 aromatic rings. The van der Waals surface area contributed by atoms with Crippen molar-refractivity contribution in [1.82, 2.24) is 15.0 Å². The predicted octanol–water partition coefficient (Wildman–Crippen LogP) is 4.77. The van der Waals surface area contributed by atoms with Gasteiger partial charge in [-0.05, 0) is 53.2 Å². The van der Waals surface area contributed by atoms with Gasteiger partial charge < -0.3 is 9.47 Å². The van der Waals surface area contributed by atoms with Crippen LogP contribution in [0.4, 0.5) is 5.69 Å². The van der Waals surface area contributed by atoms with Crippen LogP contribution in [0.25, 0.3) is 22.0 Å². The molecule has 2 aromatic carbocycles. The van der Waals surface area contributed by atoms with Crippen LogP contribution in [0, 0.1) is 10.1 Å². The van der Waals surface area contributed by atoms with Crippen molar-refractivity contribution in [2.45, 2.75) is 10.2 Å². The number of benzene rings is 2. The Bertz CT molecular complexity index is 1230. The fourth-order valence-electron chi connectivity index (χ4n) is 2.91. The molecular weight excluding hydrogens is 404 g/mol. The number of methoxy groups -OCH3 is 2. The van der Waals surface area contributed by atoms with Gasteiger partial charge in [0.1, 0.15) is 11.5 Å². The van der Waals surface area contributed by atoms with Gasteiger partial charge in [-0.1, -0.05) is 6.07 Å². The molecule has 150 valence electrons. The topological polar surface area (TPSA) is 100 Å². The van der Waals surface area contributed by atoms with E-state index >= 15 is 0 Å². The summed E-state index contributed by atoms with van der Waals surface area (Å²) in [6.45, 7) is 0. The molecule has 0 aliphatic carbocycles. The molecule has 0 N–H and O–H groups in total. The summed E-state index contributed by atoms with van der Waals surface area (Å²) in [5.74, 6) is 1.40. The van der Waals surface area contributed by atoms with Crippen LogP contribution in [0.3, 0.4) is 0 Å². The maximum atomic E-state index is 11.2. The maximum Gasteiger partial charge on any atom is 0.301 e. The number of nitro groups is 1. The zero-order valence-corrected chi connectivity index (χ0v) is 16.9. The Kier molecular flexibility index (Phi) is 5.44. The molecule has 8 nitrogen and oxygen atoms in total. The number of nitrogens with zero attached hydrogens (tertiary/aromatic N) is 4. The van der Waals surface area contributed by atoms with Crippen LogP contribution in [0.1, 0.15) is 0 Å². The van der Waals surface area contributed by atoms with Gasteiger partial charge in [0.2, 0.25) is 0 Å². The van der Waals surface area contributed by atoms with Crippen molar-refractivity contribution in [1.29, 1.82) is 0 Å². The molecule has 0 amide bonds. The minimum absolute atomic E-state index is 0.0754. The van der Waals surface area contributed by atoms with E-state index in [0.29, 0.717) is 16.7 Å². The van der Waals surface area contributed by atoms with E-state index in [4.69, 9.17) is 9.47 Å². The number of pyridine rings is 1. The molecule has 0 unspecified atom stereocenters. The van der Waals surface area contributed by atoms with Gasteiger partial charge in [0.15, 0.2) is 10.2 Å². The Morgan fingerprint density at radius 2 is 1.73 bits per heavy atom. The standard InChI is InChI=1S/C21H16N4O4S/c1-28-16-9-14(10-17(11-16)29-2)13-5-6-18-15(8-13)12-23-21(24-18)30-20-19(25(26)27)4-3-7-22-20/h3-12H,1-2H3. The van der Waals surface area contributed by atoms with Gasteiger partial charge in [0.05, 0.1) is 24.7 Å². The Balaban J connectivity index is 1.68. The van der Waals surface area contributed by atoms with E-state index in [9.17, 15) is 10.1 Å². The van der Waals surface area contributed by atoms with Crippen molar-refractivity contribution < 1.29 is 14.4 Å². The fraction of sp³-hybridized carbons (Fsp3) is 0.0952. The fourth-order valence-corrected chi connectivity index (χ4v) is 3.69. The Morgan fingerprint density at radius 1 is 0.967 bits per heavy atom. The second kappa shape index (κ2) is 8.34. The van der Waals surface area contributed by atoms with Gasteiger partial charge in [-0.15, -0.1) is 0 Å². The van der Waals surface area contributed by atoms with Crippen LogP contribution in [0.15, 0.2) is 71.1 Å². The smallest absolute Gasteiger partial charge is 0.301 e. The van der Waals surface area contributed by atoms with Gasteiger partial charge in [0, 0.05) is 29.9 Å². The highest BCUT2D eigenvalue weighted by atomic mass is 32.2. The number of fused-ring (bicyclic) bond motifs is 1. The van der Waals surface area contributed by atoms with Crippen LogP contribution >= 0.6 is 11.8 Å². The molecular formula is C21H16N4O4S. The maximum absolute atomic E-state index is 11.2. The molecule has 0 aliphatic heterocycles. The number of aromatic nitrogens is 3. The highest BCUT2D eigenvalue weighted by Gasteiger charge is 2.17. The molecule has 0 fully saturated rings. The van der Waals surface area contributed by atoms with E-state index in [1.165, 1.54) is 18.3 Å². The van der Waals surface area contributed by atoms with Gasteiger partial charge in [-0.3, -0.25) is 10.1 Å². The monoisotopic (exact) mass is 420 g/mol. The van der Waals surface area contributed by atoms with Gasteiger partial charge >= 0.3 is 5.69 Å². The normalized spacial score (nSPS) is 10.7. The lowest BCUT2D eigenvalue weighted by Gasteiger charge is -2.09. The second-order valence-corrected chi connectivity index (χ2v) is 7.17. The van der Waals surface area contributed by atoms with Crippen molar-refractivity contribution in [3.63, 3.8) is 0 Å². The summed E-state index contributed by atoms with van der Waals surface area (Å²) in [6.07, 6.45) is 3.20. The molecule has 4 rings (SSSR count). The average molecular weight is 420 g/mol. The number of hydrogen-bond donors (Lipinski definition) is 0. The molecule has 9 heteroatoms. The minimum atomic E-state index is -0.467. The molecule has 0 spiro atoms. The third kappa shape index (κ3) is 4.01. The average Bonchev–Trinajstić information content (AvgIpc) is 2.78. The second-order valence-electron chi connectivity index (χ2n) is 6.21. The molecule has 30 heavy (non-hydrogen) atoms. The van der Waals surface area contributed by atoms with E-state index in [0.717, 1.165) is 33.8 Å². The summed E-state index contributed by atoms with van der Waals surface area (Å²) in [5, 5.41) is 12.7. The summed E-state index contributed by atoms with van der Waals surface area (Å²) >= 11 is 1.06. The first kappa shape index (κ1) is 19.6. The van der Waals surface area contributed by atoms with Crippen molar-refractivity contribution in [3.8, 4) is 22.6 Å². The first-order valence-electron chi connectivity index (χ1n) is 8.85. The van der Waals surface area contributed by atoms with Crippen molar-refractivity contribution in [3.05, 3.63) is 71.0 Å². The zero-order chi connectivity index (χ0) is 21.1. The number of hydrogen-bond acceptors (Lipinski definition) is 8. The quantitative estimate of drug-likeness (QED) is 0.250. The zero-order valence-electron chi connectivity index (χ0n) is 16.1. The molecule has 0 saturated carbocycles. The Hall–Kier alpha value is -3.72. The lowest BCUT2D eigenvalue weighted by molar-refractivity contribution is -0.388.